The molecule has 0 spiro atoms. The van der Waals surface area contributed by atoms with Gasteiger partial charge >= 0.3 is 0 Å². The fourth-order valence-electron chi connectivity index (χ4n) is 4.30. The topological polar surface area (TPSA) is 138 Å². The number of aliphatic hydroxyl groups excluding tert-OH is 1. The summed E-state index contributed by atoms with van der Waals surface area (Å²) in [6.07, 6.45) is 1.76. The fraction of sp³-hybridized carbons (Fsp3) is 0.318. The largest absolute Gasteiger partial charge is 0.387 e. The van der Waals surface area contributed by atoms with E-state index in [0.29, 0.717) is 44.7 Å². The van der Waals surface area contributed by atoms with Crippen molar-refractivity contribution >= 4 is 40.4 Å². The lowest BCUT2D eigenvalue weighted by molar-refractivity contribution is 0.100. The van der Waals surface area contributed by atoms with Crippen LogP contribution in [0.3, 0.4) is 0 Å². The van der Waals surface area contributed by atoms with Crippen molar-refractivity contribution < 1.29 is 9.90 Å². The lowest BCUT2D eigenvalue weighted by Gasteiger charge is -2.16. The van der Waals surface area contributed by atoms with E-state index in [0.717, 1.165) is 16.0 Å². The zero-order valence-electron chi connectivity index (χ0n) is 17.6. The van der Waals surface area contributed by atoms with Crippen LogP contribution >= 0.6 is 34.5 Å². The van der Waals surface area contributed by atoms with Gasteiger partial charge < -0.3 is 10.8 Å². The molecule has 3 atom stereocenters. The summed E-state index contributed by atoms with van der Waals surface area (Å²) in [6, 6.07) is 7.06. The van der Waals surface area contributed by atoms with Crippen LogP contribution in [0.15, 0.2) is 35.7 Å². The predicted octanol–water partition coefficient (Wildman–Crippen LogP) is 5.79. The van der Waals surface area contributed by atoms with Gasteiger partial charge in [0.1, 0.15) is 6.33 Å². The van der Waals surface area contributed by atoms with Gasteiger partial charge in [0.25, 0.3) is 5.91 Å². The number of halogens is 2. The van der Waals surface area contributed by atoms with Gasteiger partial charge in [-0.05, 0) is 59.5 Å². The quantitative estimate of drug-likeness (QED) is 0.239. The molecular formula is C22H20Cl2N6O2S. The number of carbonyl (C=O) groups excluding carboxylic acids is 1. The van der Waals surface area contributed by atoms with Gasteiger partial charge in [0.2, 0.25) is 0 Å². The lowest BCUT2D eigenvalue weighted by Crippen LogP contribution is -2.15. The molecule has 1 amide bonds. The Bertz CT molecular complexity index is 1270. The van der Waals surface area contributed by atoms with Crippen molar-refractivity contribution in [2.24, 2.45) is 10.8 Å². The first kappa shape index (κ1) is 23.5. The smallest absolute Gasteiger partial charge is 0.259 e. The minimum atomic E-state index is -0.642. The highest BCUT2D eigenvalue weighted by molar-refractivity contribution is 7.17. The van der Waals surface area contributed by atoms with Crippen LogP contribution in [0.5, 0.6) is 0 Å². The Morgan fingerprint density at radius 2 is 2.18 bits per heavy atom. The molecule has 0 fully saturated rings. The fourth-order valence-corrected chi connectivity index (χ4v) is 5.89. The van der Waals surface area contributed by atoms with Gasteiger partial charge in [-0.15, -0.1) is 11.3 Å². The summed E-state index contributed by atoms with van der Waals surface area (Å²) in [5.41, 5.74) is 18.3. The zero-order valence-corrected chi connectivity index (χ0v) is 19.9. The number of thiophene rings is 1. The first-order valence-corrected chi connectivity index (χ1v) is 11.8. The van der Waals surface area contributed by atoms with Crippen LogP contribution in [0.25, 0.3) is 21.0 Å². The summed E-state index contributed by atoms with van der Waals surface area (Å²) >= 11 is 13.6. The number of nitrogens with zero attached hydrogens (tertiary/aromatic N) is 5. The van der Waals surface area contributed by atoms with Crippen LogP contribution in [0.2, 0.25) is 10.0 Å². The van der Waals surface area contributed by atoms with Crippen LogP contribution < -0.4 is 5.73 Å². The van der Waals surface area contributed by atoms with Gasteiger partial charge in [-0.3, -0.25) is 4.79 Å². The van der Waals surface area contributed by atoms with Crippen LogP contribution in [-0.4, -0.2) is 27.5 Å². The van der Waals surface area contributed by atoms with Gasteiger partial charge in [-0.1, -0.05) is 41.3 Å². The molecule has 0 radical (unpaired) electrons. The zero-order chi connectivity index (χ0) is 23.7. The molecule has 2 heterocycles. The minimum Gasteiger partial charge on any atom is -0.387 e. The van der Waals surface area contributed by atoms with Gasteiger partial charge in [-0.25, -0.2) is 9.97 Å². The monoisotopic (exact) mass is 502 g/mol. The second kappa shape index (κ2) is 9.67. The SMILES string of the molecule is C[C@@H]1C[C@@H](O)c2ncnc(-c3cc([C@@H](CN=[N+]=[N-])Cc4ccc(Cl)cc4Cl)c(C(N)=O)s3)c21. The van der Waals surface area contributed by atoms with Crippen molar-refractivity contribution in [3.05, 3.63) is 78.3 Å². The Morgan fingerprint density at radius 1 is 1.39 bits per heavy atom. The third kappa shape index (κ3) is 4.69. The number of aliphatic hydroxyl groups is 1. The van der Waals surface area contributed by atoms with Crippen LogP contribution in [0.1, 0.15) is 63.3 Å². The van der Waals surface area contributed by atoms with Gasteiger partial charge in [0.05, 0.1) is 27.2 Å². The molecule has 2 aromatic heterocycles. The standard InChI is InChI=1S/C22H20Cl2N6O2S/c1-10-4-16(31)19-18(10)20(28-9-27-19)17-7-14(21(33-17)22(25)32)12(8-29-30-26)5-11-2-3-13(23)6-15(11)24/h2-3,6-7,9-10,12,16,31H,4-5,8H2,1H3,(H2,25,32)/t10-,12-,16-/m1/s1. The summed E-state index contributed by atoms with van der Waals surface area (Å²) < 4.78 is 0. The van der Waals surface area contributed by atoms with E-state index in [1.54, 1.807) is 12.1 Å². The van der Waals surface area contributed by atoms with Crippen molar-refractivity contribution in [3.63, 3.8) is 0 Å². The number of carbonyl (C=O) groups is 1. The van der Waals surface area contributed by atoms with E-state index in [9.17, 15) is 9.90 Å². The lowest BCUT2D eigenvalue weighted by atomic mass is 9.91. The summed E-state index contributed by atoms with van der Waals surface area (Å²) in [5.74, 6) is -0.848. The van der Waals surface area contributed by atoms with E-state index in [1.165, 1.54) is 17.7 Å². The highest BCUT2D eigenvalue weighted by Crippen LogP contribution is 2.45. The average molecular weight is 503 g/mol. The maximum atomic E-state index is 12.4. The number of primary amides is 1. The third-order valence-corrected chi connectivity index (χ3v) is 7.56. The van der Waals surface area contributed by atoms with Crippen molar-refractivity contribution in [1.29, 1.82) is 0 Å². The Hall–Kier alpha value is -2.68. The number of azide groups is 1. The Kier molecular flexibility index (Phi) is 6.88. The summed E-state index contributed by atoms with van der Waals surface area (Å²) in [5, 5.41) is 15.1. The summed E-state index contributed by atoms with van der Waals surface area (Å²) in [4.78, 5) is 25.1. The molecule has 1 aromatic carbocycles. The predicted molar refractivity (Wildman–Crippen MR) is 129 cm³/mol. The Balaban J connectivity index is 1.81. The normalized spacial score (nSPS) is 17.9. The Morgan fingerprint density at radius 3 is 2.88 bits per heavy atom. The molecule has 3 N–H and O–H groups in total. The van der Waals surface area contributed by atoms with Crippen molar-refractivity contribution in [1.82, 2.24) is 9.97 Å². The molecule has 11 heteroatoms. The number of benzene rings is 1. The molecular weight excluding hydrogens is 483 g/mol. The number of nitrogens with two attached hydrogens (primary N) is 1. The minimum absolute atomic E-state index is 0.0700. The molecule has 33 heavy (non-hydrogen) atoms. The number of hydrogen-bond donors (Lipinski definition) is 2. The van der Waals surface area contributed by atoms with E-state index in [2.05, 4.69) is 20.0 Å². The second-order valence-corrected chi connectivity index (χ2v) is 9.88. The Labute approximate surface area is 204 Å². The maximum absolute atomic E-state index is 12.4. The van der Waals surface area contributed by atoms with Crippen molar-refractivity contribution in [3.8, 4) is 10.6 Å². The summed E-state index contributed by atoms with van der Waals surface area (Å²) in [6.45, 7) is 2.13. The number of hydrogen-bond acceptors (Lipinski definition) is 6. The highest BCUT2D eigenvalue weighted by atomic mass is 35.5. The van der Waals surface area contributed by atoms with Gasteiger partial charge in [-0.2, -0.15) is 0 Å². The molecule has 0 aliphatic heterocycles. The van der Waals surface area contributed by atoms with Gasteiger partial charge in [0, 0.05) is 27.1 Å². The molecule has 1 aliphatic carbocycles. The van der Waals surface area contributed by atoms with E-state index in [4.69, 9.17) is 34.5 Å². The van der Waals surface area contributed by atoms with Crippen molar-refractivity contribution in [2.75, 3.05) is 6.54 Å². The van der Waals surface area contributed by atoms with Gasteiger partial charge in [0.15, 0.2) is 0 Å². The highest BCUT2D eigenvalue weighted by Gasteiger charge is 2.33. The van der Waals surface area contributed by atoms with E-state index in [-0.39, 0.29) is 18.4 Å². The number of aromatic nitrogens is 2. The molecule has 3 aromatic rings. The van der Waals surface area contributed by atoms with Crippen LogP contribution in [-0.2, 0) is 6.42 Å². The van der Waals surface area contributed by atoms with Crippen molar-refractivity contribution in [2.45, 2.75) is 37.7 Å². The molecule has 0 saturated carbocycles. The molecule has 4 rings (SSSR count). The number of fused-ring (bicyclic) bond motifs is 1. The molecule has 0 unspecified atom stereocenters. The summed E-state index contributed by atoms with van der Waals surface area (Å²) in [7, 11) is 0. The molecule has 0 bridgehead atoms. The molecule has 0 saturated heterocycles. The van der Waals surface area contributed by atoms with Crippen LogP contribution in [0, 0.1) is 0 Å². The molecule has 1 aliphatic rings. The molecule has 170 valence electrons. The van der Waals surface area contributed by atoms with E-state index in [1.807, 2.05) is 19.1 Å². The van der Waals surface area contributed by atoms with E-state index < -0.39 is 12.0 Å². The first-order chi connectivity index (χ1) is 15.8. The van der Waals surface area contributed by atoms with Crippen LogP contribution in [0.4, 0.5) is 0 Å². The van der Waals surface area contributed by atoms with E-state index >= 15 is 0 Å². The number of amides is 1. The average Bonchev–Trinajstić information content (AvgIpc) is 3.34. The second-order valence-electron chi connectivity index (χ2n) is 7.98. The first-order valence-electron chi connectivity index (χ1n) is 10.2. The number of rotatable bonds is 7. The maximum Gasteiger partial charge on any atom is 0.259 e. The molecule has 8 nitrogen and oxygen atoms in total. The third-order valence-electron chi connectivity index (χ3n) is 5.80.